The molecule has 0 aliphatic carbocycles. The van der Waals surface area contributed by atoms with E-state index >= 15 is 0 Å². The van der Waals surface area contributed by atoms with Crippen LogP contribution in [0.4, 0.5) is 0 Å². The maximum atomic E-state index is 10.4. The van der Waals surface area contributed by atoms with Crippen LogP contribution in [-0.4, -0.2) is 10.2 Å². The van der Waals surface area contributed by atoms with E-state index in [-0.39, 0.29) is 0 Å². The Morgan fingerprint density at radius 1 is 0.920 bits per heavy atom. The minimum absolute atomic E-state index is 0.334. The van der Waals surface area contributed by atoms with Gasteiger partial charge in [-0.05, 0) is 85.5 Å². The topological polar surface area (TPSA) is 40.5 Å². The number of aromatic hydroxyl groups is 2. The lowest BCUT2D eigenvalue weighted by Crippen LogP contribution is -1.95. The Hall–Kier alpha value is -1.61. The molecule has 136 valence electrons. The molecule has 25 heavy (non-hydrogen) atoms. The van der Waals surface area contributed by atoms with Crippen molar-refractivity contribution in [3.05, 3.63) is 46.5 Å². The molecular weight excluding hydrogens is 328 g/mol. The number of hydrogen-bond acceptors (Lipinski definition) is 3. The highest BCUT2D eigenvalue weighted by molar-refractivity contribution is 7.99. The Morgan fingerprint density at radius 2 is 1.52 bits per heavy atom. The maximum Gasteiger partial charge on any atom is 0.122 e. The fraction of sp³-hybridized carbons (Fsp3) is 0.455. The molecule has 2 N–H and O–H groups in total. The molecule has 0 spiro atoms. The summed E-state index contributed by atoms with van der Waals surface area (Å²) in [6.07, 6.45) is 4.10. The van der Waals surface area contributed by atoms with E-state index in [0.29, 0.717) is 17.4 Å². The molecule has 0 radical (unpaired) electrons. The molecule has 2 nitrogen and oxygen atoms in total. The van der Waals surface area contributed by atoms with Gasteiger partial charge >= 0.3 is 0 Å². The molecule has 3 heteroatoms. The lowest BCUT2D eigenvalue weighted by molar-refractivity contribution is 0.457. The molecule has 0 aliphatic heterocycles. The number of hydrogen-bond donors (Lipinski definition) is 2. The summed E-state index contributed by atoms with van der Waals surface area (Å²) in [5.74, 6) is 1.19. The van der Waals surface area contributed by atoms with Crippen LogP contribution in [0.2, 0.25) is 0 Å². The van der Waals surface area contributed by atoms with Crippen molar-refractivity contribution in [3.63, 3.8) is 0 Å². The van der Waals surface area contributed by atoms with Gasteiger partial charge < -0.3 is 10.2 Å². The molecule has 0 heterocycles. The van der Waals surface area contributed by atoms with Crippen molar-refractivity contribution in [3.8, 4) is 11.5 Å². The second-order valence-electron chi connectivity index (χ2n) is 6.94. The Labute approximate surface area is 156 Å². The first-order chi connectivity index (χ1) is 11.9. The van der Waals surface area contributed by atoms with Crippen molar-refractivity contribution in [2.24, 2.45) is 0 Å². The highest BCUT2D eigenvalue weighted by Crippen LogP contribution is 2.39. The van der Waals surface area contributed by atoms with Gasteiger partial charge in [-0.25, -0.2) is 0 Å². The molecule has 2 rings (SSSR count). The average Bonchev–Trinajstić information content (AvgIpc) is 2.59. The van der Waals surface area contributed by atoms with Gasteiger partial charge in [-0.1, -0.05) is 39.0 Å². The second kappa shape index (κ2) is 8.66. The molecule has 1 unspecified atom stereocenters. The molecular formula is C22H30O2S. The summed E-state index contributed by atoms with van der Waals surface area (Å²) in [4.78, 5) is 2.28. The maximum absolute atomic E-state index is 10.4. The second-order valence-corrected chi connectivity index (χ2v) is 8.09. The van der Waals surface area contributed by atoms with Gasteiger partial charge in [0.1, 0.15) is 11.5 Å². The molecule has 0 aromatic heterocycles. The van der Waals surface area contributed by atoms with Crippen molar-refractivity contribution in [2.45, 2.75) is 76.0 Å². The van der Waals surface area contributed by atoms with E-state index in [1.165, 1.54) is 0 Å². The van der Waals surface area contributed by atoms with Crippen LogP contribution in [0.1, 0.15) is 68.2 Å². The van der Waals surface area contributed by atoms with E-state index in [4.69, 9.17) is 0 Å². The number of unbranched alkanes of at least 4 members (excludes halogenated alkanes) is 1. The number of rotatable bonds is 7. The summed E-state index contributed by atoms with van der Waals surface area (Å²) < 4.78 is 0. The van der Waals surface area contributed by atoms with E-state index < -0.39 is 0 Å². The predicted molar refractivity (Wildman–Crippen MR) is 107 cm³/mol. The molecule has 0 amide bonds. The lowest BCUT2D eigenvalue weighted by Gasteiger charge is -2.16. The monoisotopic (exact) mass is 358 g/mol. The summed E-state index contributed by atoms with van der Waals surface area (Å²) in [5.41, 5.74) is 3.89. The highest BCUT2D eigenvalue weighted by Gasteiger charge is 2.14. The minimum atomic E-state index is 0.334. The van der Waals surface area contributed by atoms with E-state index in [0.717, 1.165) is 57.7 Å². The number of phenolic OH excluding ortho intramolecular Hbond substituents is 2. The van der Waals surface area contributed by atoms with E-state index in [9.17, 15) is 10.2 Å². The third-order valence-electron chi connectivity index (χ3n) is 4.84. The van der Waals surface area contributed by atoms with Crippen molar-refractivity contribution >= 4 is 11.8 Å². The molecule has 0 saturated carbocycles. The fourth-order valence-electron chi connectivity index (χ4n) is 3.00. The summed E-state index contributed by atoms with van der Waals surface area (Å²) >= 11 is 1.70. The third-order valence-corrected chi connectivity index (χ3v) is 5.78. The molecule has 1 atom stereocenters. The van der Waals surface area contributed by atoms with Crippen LogP contribution in [0.5, 0.6) is 11.5 Å². The molecule has 2 aromatic carbocycles. The summed E-state index contributed by atoms with van der Waals surface area (Å²) in [7, 11) is 0. The van der Waals surface area contributed by atoms with Crippen LogP contribution >= 0.6 is 11.8 Å². The van der Waals surface area contributed by atoms with Crippen molar-refractivity contribution < 1.29 is 10.2 Å². The van der Waals surface area contributed by atoms with Gasteiger partial charge in [-0.2, -0.15) is 0 Å². The van der Waals surface area contributed by atoms with Gasteiger partial charge in [0.05, 0.1) is 0 Å². The normalized spacial score (nSPS) is 12.4. The van der Waals surface area contributed by atoms with Gasteiger partial charge in [-0.15, -0.1) is 0 Å². The minimum Gasteiger partial charge on any atom is -0.507 e. The van der Waals surface area contributed by atoms with Crippen LogP contribution < -0.4 is 0 Å². The first kappa shape index (κ1) is 19.7. The molecule has 2 aromatic rings. The Bertz CT molecular complexity index is 737. The van der Waals surface area contributed by atoms with Gasteiger partial charge in [-0.3, -0.25) is 0 Å². The van der Waals surface area contributed by atoms with E-state index in [1.807, 2.05) is 26.0 Å². The Morgan fingerprint density at radius 3 is 2.12 bits per heavy atom. The first-order valence-corrected chi connectivity index (χ1v) is 10.0. The number of benzene rings is 2. The summed E-state index contributed by atoms with van der Waals surface area (Å²) in [6, 6.07) is 8.29. The van der Waals surface area contributed by atoms with E-state index in [2.05, 4.69) is 32.9 Å². The molecule has 0 aliphatic rings. The molecule has 0 saturated heterocycles. The largest absolute Gasteiger partial charge is 0.507 e. The quantitative estimate of drug-likeness (QED) is 0.577. The standard InChI is InChI=1S/C22H30O2S/c1-6-8-9-17-12-18(10-15(4)21(17)23)25-19-11-16(5)22(24)20(13-19)14(3)7-2/h10-14,23-24H,6-9H2,1-5H3. The number of phenols is 2. The van der Waals surface area contributed by atoms with Crippen LogP contribution in [0.25, 0.3) is 0 Å². The summed E-state index contributed by atoms with van der Waals surface area (Å²) in [5, 5.41) is 20.7. The van der Waals surface area contributed by atoms with Gasteiger partial charge in [0.15, 0.2) is 0 Å². The van der Waals surface area contributed by atoms with Gasteiger partial charge in [0.2, 0.25) is 0 Å². The smallest absolute Gasteiger partial charge is 0.122 e. The molecule has 0 bridgehead atoms. The Balaban J connectivity index is 2.36. The van der Waals surface area contributed by atoms with Gasteiger partial charge in [0.25, 0.3) is 0 Å². The van der Waals surface area contributed by atoms with Crippen LogP contribution in [0, 0.1) is 13.8 Å². The van der Waals surface area contributed by atoms with Crippen LogP contribution in [0.15, 0.2) is 34.1 Å². The van der Waals surface area contributed by atoms with Crippen molar-refractivity contribution in [2.75, 3.05) is 0 Å². The van der Waals surface area contributed by atoms with Crippen LogP contribution in [0.3, 0.4) is 0 Å². The zero-order chi connectivity index (χ0) is 18.6. The zero-order valence-electron chi connectivity index (χ0n) is 16.0. The fourth-order valence-corrected chi connectivity index (χ4v) is 4.13. The van der Waals surface area contributed by atoms with Crippen molar-refractivity contribution in [1.29, 1.82) is 0 Å². The van der Waals surface area contributed by atoms with Crippen molar-refractivity contribution in [1.82, 2.24) is 0 Å². The zero-order valence-corrected chi connectivity index (χ0v) is 16.8. The Kier molecular flexibility index (Phi) is 6.83. The highest BCUT2D eigenvalue weighted by atomic mass is 32.2. The predicted octanol–water partition coefficient (Wildman–Crippen LogP) is 6.72. The first-order valence-electron chi connectivity index (χ1n) is 9.21. The van der Waals surface area contributed by atoms with Crippen LogP contribution in [-0.2, 0) is 6.42 Å². The SMILES string of the molecule is CCCCc1cc(Sc2cc(C)c(O)c(C(C)CC)c2)cc(C)c1O. The number of aryl methyl sites for hydroxylation is 3. The van der Waals surface area contributed by atoms with E-state index in [1.54, 1.807) is 11.8 Å². The van der Waals surface area contributed by atoms with Gasteiger partial charge in [0, 0.05) is 9.79 Å². The molecule has 0 fully saturated rings. The third kappa shape index (κ3) is 4.72. The average molecular weight is 359 g/mol. The lowest BCUT2D eigenvalue weighted by atomic mass is 9.96. The summed E-state index contributed by atoms with van der Waals surface area (Å²) in [6.45, 7) is 10.4.